The van der Waals surface area contributed by atoms with Crippen LogP contribution in [0.25, 0.3) is 0 Å². The monoisotopic (exact) mass is 389 g/mol. The van der Waals surface area contributed by atoms with Gasteiger partial charge in [0.2, 0.25) is 5.91 Å². The lowest BCUT2D eigenvalue weighted by Gasteiger charge is -2.16. The minimum Gasteiger partial charge on any atom is -0.435 e. The van der Waals surface area contributed by atoms with Crippen LogP contribution in [0.15, 0.2) is 54.6 Å². The average molecular weight is 389 g/mol. The number of nitrogens with two attached hydrogens (primary N) is 1. The van der Waals surface area contributed by atoms with Crippen molar-refractivity contribution in [2.75, 3.05) is 26.2 Å². The number of alkyl halides is 2. The highest BCUT2D eigenvalue weighted by Crippen LogP contribution is 2.31. The number of hydrogen-bond donors (Lipinski definition) is 2. The molecule has 2 aromatic rings. The van der Waals surface area contributed by atoms with Crippen molar-refractivity contribution in [2.45, 2.75) is 19.1 Å². The molecule has 3 rings (SSSR count). The highest BCUT2D eigenvalue weighted by molar-refractivity contribution is 5.78. The van der Waals surface area contributed by atoms with Crippen molar-refractivity contribution < 1.29 is 18.3 Å². The van der Waals surface area contributed by atoms with Crippen LogP contribution < -0.4 is 15.8 Å². The molecule has 1 amide bonds. The number of rotatable bonds is 8. The lowest BCUT2D eigenvalue weighted by Crippen LogP contribution is -2.36. The largest absolute Gasteiger partial charge is 0.435 e. The lowest BCUT2D eigenvalue weighted by molar-refractivity contribution is -0.122. The van der Waals surface area contributed by atoms with Gasteiger partial charge in [-0.3, -0.25) is 9.69 Å². The molecule has 28 heavy (non-hydrogen) atoms. The number of likely N-dealkylation sites (tertiary alicyclic amines) is 1. The molecule has 5 nitrogen and oxygen atoms in total. The summed E-state index contributed by atoms with van der Waals surface area (Å²) in [7, 11) is 0. The molecule has 1 heterocycles. The first-order chi connectivity index (χ1) is 13.5. The third-order valence-corrected chi connectivity index (χ3v) is 5.05. The van der Waals surface area contributed by atoms with Gasteiger partial charge in [-0.15, -0.1) is 0 Å². The van der Waals surface area contributed by atoms with Crippen LogP contribution in [0.5, 0.6) is 5.75 Å². The van der Waals surface area contributed by atoms with Gasteiger partial charge in [0.05, 0.1) is 6.54 Å². The number of benzene rings is 2. The Kier molecular flexibility index (Phi) is 6.95. The zero-order chi connectivity index (χ0) is 19.9. The van der Waals surface area contributed by atoms with E-state index in [9.17, 15) is 13.6 Å². The van der Waals surface area contributed by atoms with Gasteiger partial charge in [-0.05, 0) is 35.7 Å². The van der Waals surface area contributed by atoms with E-state index in [2.05, 4.69) is 27.1 Å². The SMILES string of the molecule is NC[C@@H]1CN(CC(=O)NCc2ccc(OC(F)F)cc2)C[C@H]1c1ccccc1. The topological polar surface area (TPSA) is 67.6 Å². The molecule has 2 atom stereocenters. The maximum atomic E-state index is 12.3. The Balaban J connectivity index is 1.48. The van der Waals surface area contributed by atoms with Gasteiger partial charge in [-0.1, -0.05) is 42.5 Å². The standard InChI is InChI=1S/C21H25F2N3O2/c22-21(23)28-18-8-6-15(7-9-18)11-25-20(27)14-26-12-17(10-24)19(13-26)16-4-2-1-3-5-16/h1-9,17,19,21H,10-14,24H2,(H,25,27)/t17-,19+/m1/s1. The minimum absolute atomic E-state index is 0.0719. The van der Waals surface area contributed by atoms with E-state index < -0.39 is 6.61 Å². The van der Waals surface area contributed by atoms with Crippen LogP contribution in [-0.2, 0) is 11.3 Å². The predicted octanol–water partition coefficient (Wildman–Crippen LogP) is 2.58. The quantitative estimate of drug-likeness (QED) is 0.728. The van der Waals surface area contributed by atoms with Gasteiger partial charge in [0.25, 0.3) is 0 Å². The molecule has 0 bridgehead atoms. The molecule has 0 aromatic heterocycles. The molecule has 0 unspecified atom stereocenters. The zero-order valence-electron chi connectivity index (χ0n) is 15.6. The molecule has 0 saturated carbocycles. The highest BCUT2D eigenvalue weighted by Gasteiger charge is 2.33. The van der Waals surface area contributed by atoms with Crippen LogP contribution in [0.2, 0.25) is 0 Å². The first-order valence-electron chi connectivity index (χ1n) is 9.33. The van der Waals surface area contributed by atoms with Crippen molar-refractivity contribution >= 4 is 5.91 Å². The molecular formula is C21H25F2N3O2. The van der Waals surface area contributed by atoms with Crippen LogP contribution in [0.3, 0.4) is 0 Å². The summed E-state index contributed by atoms with van der Waals surface area (Å²) >= 11 is 0. The molecule has 3 N–H and O–H groups in total. The maximum absolute atomic E-state index is 12.3. The van der Waals surface area contributed by atoms with Crippen molar-refractivity contribution in [1.29, 1.82) is 0 Å². The second-order valence-electron chi connectivity index (χ2n) is 7.01. The number of carbonyl (C=O) groups is 1. The van der Waals surface area contributed by atoms with Crippen molar-refractivity contribution in [2.24, 2.45) is 11.7 Å². The Bertz CT molecular complexity index is 756. The molecule has 150 valence electrons. The van der Waals surface area contributed by atoms with E-state index in [0.29, 0.717) is 31.5 Å². The molecule has 7 heteroatoms. The summed E-state index contributed by atoms with van der Waals surface area (Å²) in [6.45, 7) is -0.00777. The fourth-order valence-corrected chi connectivity index (χ4v) is 3.65. The molecule has 1 aliphatic rings. The second-order valence-corrected chi connectivity index (χ2v) is 7.01. The van der Waals surface area contributed by atoms with Crippen LogP contribution in [-0.4, -0.2) is 43.6 Å². The van der Waals surface area contributed by atoms with E-state index in [1.165, 1.54) is 17.7 Å². The van der Waals surface area contributed by atoms with Crippen LogP contribution in [0.1, 0.15) is 17.0 Å². The third-order valence-electron chi connectivity index (χ3n) is 5.05. The summed E-state index contributed by atoms with van der Waals surface area (Å²) in [5.74, 6) is 0.693. The van der Waals surface area contributed by atoms with Gasteiger partial charge < -0.3 is 15.8 Å². The fraction of sp³-hybridized carbons (Fsp3) is 0.381. The summed E-state index contributed by atoms with van der Waals surface area (Å²) in [6, 6.07) is 16.5. The van der Waals surface area contributed by atoms with E-state index in [1.807, 2.05) is 18.2 Å². The first kappa shape index (κ1) is 20.2. The van der Waals surface area contributed by atoms with Gasteiger partial charge in [-0.2, -0.15) is 8.78 Å². The number of carbonyl (C=O) groups excluding carboxylic acids is 1. The number of nitrogens with one attached hydrogen (secondary N) is 1. The number of hydrogen-bond acceptors (Lipinski definition) is 4. The van der Waals surface area contributed by atoms with E-state index >= 15 is 0 Å². The summed E-state index contributed by atoms with van der Waals surface area (Å²) in [6.07, 6.45) is 0. The van der Waals surface area contributed by atoms with E-state index in [-0.39, 0.29) is 11.7 Å². The van der Waals surface area contributed by atoms with E-state index in [4.69, 9.17) is 5.73 Å². The van der Waals surface area contributed by atoms with Crippen molar-refractivity contribution in [1.82, 2.24) is 10.2 Å². The molecule has 0 spiro atoms. The zero-order valence-corrected chi connectivity index (χ0v) is 15.6. The molecule has 1 fully saturated rings. The summed E-state index contributed by atoms with van der Waals surface area (Å²) in [5.41, 5.74) is 8.02. The Morgan fingerprint density at radius 3 is 2.50 bits per heavy atom. The summed E-state index contributed by atoms with van der Waals surface area (Å²) in [5, 5.41) is 2.87. The summed E-state index contributed by atoms with van der Waals surface area (Å²) < 4.78 is 28.6. The second kappa shape index (κ2) is 9.61. The fourth-order valence-electron chi connectivity index (χ4n) is 3.65. The Labute approximate surface area is 163 Å². The van der Waals surface area contributed by atoms with Gasteiger partial charge in [0.1, 0.15) is 5.75 Å². The van der Waals surface area contributed by atoms with Crippen molar-refractivity contribution in [3.05, 3.63) is 65.7 Å². The van der Waals surface area contributed by atoms with Crippen LogP contribution in [0.4, 0.5) is 8.78 Å². The lowest BCUT2D eigenvalue weighted by atomic mass is 9.89. The minimum atomic E-state index is -2.84. The van der Waals surface area contributed by atoms with Gasteiger partial charge in [0, 0.05) is 25.6 Å². The Hall–Kier alpha value is -2.51. The Morgan fingerprint density at radius 2 is 1.86 bits per heavy atom. The van der Waals surface area contributed by atoms with Crippen molar-refractivity contribution in [3.63, 3.8) is 0 Å². The Morgan fingerprint density at radius 1 is 1.14 bits per heavy atom. The number of nitrogens with zero attached hydrogens (tertiary/aromatic N) is 1. The number of ether oxygens (including phenoxy) is 1. The van der Waals surface area contributed by atoms with Crippen LogP contribution >= 0.6 is 0 Å². The predicted molar refractivity (Wildman–Crippen MR) is 103 cm³/mol. The third kappa shape index (κ3) is 5.50. The van der Waals surface area contributed by atoms with Gasteiger partial charge in [0.15, 0.2) is 0 Å². The van der Waals surface area contributed by atoms with E-state index in [0.717, 1.165) is 18.7 Å². The number of halogens is 2. The normalized spacial score (nSPS) is 19.7. The molecule has 0 radical (unpaired) electrons. The maximum Gasteiger partial charge on any atom is 0.387 e. The van der Waals surface area contributed by atoms with Gasteiger partial charge in [-0.25, -0.2) is 0 Å². The molecule has 1 aliphatic heterocycles. The molecule has 1 saturated heterocycles. The molecule has 2 aromatic carbocycles. The van der Waals surface area contributed by atoms with Crippen LogP contribution in [0, 0.1) is 5.92 Å². The molecule has 0 aliphatic carbocycles. The first-order valence-corrected chi connectivity index (χ1v) is 9.33. The summed E-state index contributed by atoms with van der Waals surface area (Å²) in [4.78, 5) is 14.4. The van der Waals surface area contributed by atoms with Gasteiger partial charge >= 0.3 is 6.61 Å². The van der Waals surface area contributed by atoms with Crippen molar-refractivity contribution in [3.8, 4) is 5.75 Å². The smallest absolute Gasteiger partial charge is 0.387 e. The highest BCUT2D eigenvalue weighted by atomic mass is 19.3. The van der Waals surface area contributed by atoms with E-state index in [1.54, 1.807) is 12.1 Å². The number of amides is 1. The average Bonchev–Trinajstić information content (AvgIpc) is 3.10. The molecular weight excluding hydrogens is 364 g/mol.